The zero-order chi connectivity index (χ0) is 23.4. The molecule has 10 heteroatoms. The second kappa shape index (κ2) is 10.2. The molecule has 7 nitrogen and oxygen atoms in total. The number of sulfonamides is 1. The molecule has 1 aliphatic rings. The van der Waals surface area contributed by atoms with E-state index in [1.807, 2.05) is 30.3 Å². The minimum Gasteiger partial charge on any atom is -0.462 e. The Labute approximate surface area is 201 Å². The molecule has 1 fully saturated rings. The molecule has 1 saturated heterocycles. The molecule has 0 atom stereocenters. The van der Waals surface area contributed by atoms with Gasteiger partial charge in [-0.05, 0) is 42.8 Å². The number of piperidine rings is 1. The van der Waals surface area contributed by atoms with Crippen molar-refractivity contribution in [3.8, 4) is 10.4 Å². The largest absolute Gasteiger partial charge is 0.462 e. The van der Waals surface area contributed by atoms with Crippen LogP contribution < -0.4 is 5.32 Å². The molecule has 0 aliphatic carbocycles. The molecule has 2 aromatic heterocycles. The molecule has 0 radical (unpaired) electrons. The lowest BCUT2D eigenvalue weighted by Gasteiger charge is -2.30. The van der Waals surface area contributed by atoms with Crippen molar-refractivity contribution in [1.29, 1.82) is 0 Å². The van der Waals surface area contributed by atoms with Crippen LogP contribution in [0.25, 0.3) is 10.4 Å². The number of thiophene rings is 2. The van der Waals surface area contributed by atoms with E-state index in [2.05, 4.69) is 5.32 Å². The Morgan fingerprint density at radius 1 is 1.12 bits per heavy atom. The molecule has 3 aromatic rings. The number of hydrogen-bond acceptors (Lipinski definition) is 7. The minimum absolute atomic E-state index is 0.217. The first-order valence-corrected chi connectivity index (χ1v) is 13.7. The van der Waals surface area contributed by atoms with Crippen LogP contribution in [0.5, 0.6) is 0 Å². The van der Waals surface area contributed by atoms with Gasteiger partial charge in [0.1, 0.15) is 9.09 Å². The van der Waals surface area contributed by atoms with Gasteiger partial charge in [-0.25, -0.2) is 13.2 Å². The van der Waals surface area contributed by atoms with Crippen molar-refractivity contribution in [2.45, 2.75) is 24.0 Å². The van der Waals surface area contributed by atoms with Gasteiger partial charge in [0.25, 0.3) is 10.0 Å². The molecular formula is C23H24N2O5S3. The Kier molecular flexibility index (Phi) is 7.28. The summed E-state index contributed by atoms with van der Waals surface area (Å²) in [6.07, 6.45) is 0.835. The zero-order valence-corrected chi connectivity index (χ0v) is 20.5. The Bertz CT molecular complexity index is 1210. The first-order chi connectivity index (χ1) is 15.9. The average molecular weight is 505 g/mol. The first kappa shape index (κ1) is 23.6. The van der Waals surface area contributed by atoms with E-state index in [0.717, 1.165) is 10.4 Å². The van der Waals surface area contributed by atoms with Crippen molar-refractivity contribution >= 4 is 50.3 Å². The Morgan fingerprint density at radius 3 is 2.48 bits per heavy atom. The monoisotopic (exact) mass is 504 g/mol. The van der Waals surface area contributed by atoms with Gasteiger partial charge < -0.3 is 10.1 Å². The fourth-order valence-electron chi connectivity index (χ4n) is 3.71. The summed E-state index contributed by atoms with van der Waals surface area (Å²) < 4.78 is 32.4. The topological polar surface area (TPSA) is 92.8 Å². The summed E-state index contributed by atoms with van der Waals surface area (Å²) in [5, 5.41) is 4.63. The van der Waals surface area contributed by atoms with Crippen LogP contribution in [0.1, 0.15) is 29.4 Å². The highest BCUT2D eigenvalue weighted by Crippen LogP contribution is 2.36. The Hall–Kier alpha value is -2.53. The molecule has 0 bridgehead atoms. The van der Waals surface area contributed by atoms with Gasteiger partial charge in [0.2, 0.25) is 5.91 Å². The predicted molar refractivity (Wildman–Crippen MR) is 130 cm³/mol. The zero-order valence-electron chi connectivity index (χ0n) is 18.0. The van der Waals surface area contributed by atoms with Crippen molar-refractivity contribution < 1.29 is 22.7 Å². The second-order valence-corrected chi connectivity index (χ2v) is 11.7. The molecule has 174 valence electrons. The molecule has 0 saturated carbocycles. The van der Waals surface area contributed by atoms with Crippen LogP contribution in [0.2, 0.25) is 0 Å². The number of carbonyl (C=O) groups is 2. The van der Waals surface area contributed by atoms with Crippen LogP contribution >= 0.6 is 22.7 Å². The lowest BCUT2D eigenvalue weighted by Crippen LogP contribution is -2.41. The molecule has 1 N–H and O–H groups in total. The number of carbonyl (C=O) groups excluding carboxylic acids is 2. The van der Waals surface area contributed by atoms with Gasteiger partial charge in [0, 0.05) is 23.9 Å². The Morgan fingerprint density at radius 2 is 1.85 bits per heavy atom. The van der Waals surface area contributed by atoms with Crippen LogP contribution in [-0.2, 0) is 19.6 Å². The second-order valence-electron chi connectivity index (χ2n) is 7.54. The quantitative estimate of drug-likeness (QED) is 0.471. The van der Waals surface area contributed by atoms with Crippen LogP contribution in [0.15, 0.2) is 58.1 Å². The number of ether oxygens (including phenoxy) is 1. The lowest BCUT2D eigenvalue weighted by molar-refractivity contribution is -0.120. The van der Waals surface area contributed by atoms with E-state index < -0.39 is 16.0 Å². The third-order valence-corrected chi connectivity index (χ3v) is 9.86. The van der Waals surface area contributed by atoms with E-state index in [4.69, 9.17) is 4.74 Å². The summed E-state index contributed by atoms with van der Waals surface area (Å²) in [5.41, 5.74) is 1.37. The highest BCUT2D eigenvalue weighted by Gasteiger charge is 2.33. The molecule has 3 heterocycles. The van der Waals surface area contributed by atoms with E-state index in [1.54, 1.807) is 30.5 Å². The molecular weight excluding hydrogens is 480 g/mol. The molecule has 1 amide bonds. The maximum Gasteiger partial charge on any atom is 0.350 e. The van der Waals surface area contributed by atoms with E-state index in [-0.39, 0.29) is 31.5 Å². The normalized spacial score (nSPS) is 15.3. The van der Waals surface area contributed by atoms with Crippen molar-refractivity contribution in [3.05, 3.63) is 58.8 Å². The van der Waals surface area contributed by atoms with Crippen LogP contribution in [0, 0.1) is 5.92 Å². The molecule has 33 heavy (non-hydrogen) atoms. The number of amides is 1. The van der Waals surface area contributed by atoms with Gasteiger partial charge in [0.05, 0.1) is 12.3 Å². The van der Waals surface area contributed by atoms with E-state index in [1.165, 1.54) is 27.0 Å². The summed E-state index contributed by atoms with van der Waals surface area (Å²) >= 11 is 2.47. The summed E-state index contributed by atoms with van der Waals surface area (Å²) in [5.74, 6) is -1.03. The number of anilines is 1. The summed E-state index contributed by atoms with van der Waals surface area (Å²) in [6, 6.07) is 14.7. The predicted octanol–water partition coefficient (Wildman–Crippen LogP) is 4.69. The van der Waals surface area contributed by atoms with Gasteiger partial charge in [-0.3, -0.25) is 4.79 Å². The third-order valence-electron chi connectivity index (χ3n) is 5.42. The highest BCUT2D eigenvalue weighted by atomic mass is 32.2. The first-order valence-electron chi connectivity index (χ1n) is 10.6. The fraction of sp³-hybridized carbons (Fsp3) is 0.304. The number of esters is 1. The van der Waals surface area contributed by atoms with Gasteiger partial charge in [-0.2, -0.15) is 4.31 Å². The van der Waals surface area contributed by atoms with Crippen molar-refractivity contribution in [1.82, 2.24) is 4.31 Å². The van der Waals surface area contributed by atoms with Crippen LogP contribution in [0.3, 0.4) is 0 Å². The van der Waals surface area contributed by atoms with Crippen LogP contribution in [0.4, 0.5) is 5.69 Å². The maximum atomic E-state index is 13.0. The molecule has 1 aliphatic heterocycles. The highest BCUT2D eigenvalue weighted by molar-refractivity contribution is 7.91. The van der Waals surface area contributed by atoms with Gasteiger partial charge in [-0.1, -0.05) is 36.4 Å². The SMILES string of the molecule is CCOC(=O)c1sc(-c2ccccc2)cc1NC(=O)C1CCN(S(=O)(=O)c2cccs2)CC1. The standard InChI is InChI=1S/C23H24N2O5S3/c1-2-30-23(27)21-18(15-19(32-21)16-7-4-3-5-8-16)24-22(26)17-10-12-25(13-11-17)33(28,29)20-9-6-14-31-20/h3-9,14-15,17H,2,10-13H2,1H3,(H,24,26). The smallest absolute Gasteiger partial charge is 0.350 e. The van der Waals surface area contributed by atoms with Crippen molar-refractivity contribution in [2.75, 3.05) is 25.0 Å². The fourth-order valence-corrected chi connectivity index (χ4v) is 7.33. The van der Waals surface area contributed by atoms with Gasteiger partial charge in [-0.15, -0.1) is 22.7 Å². The average Bonchev–Trinajstić information content (AvgIpc) is 3.51. The summed E-state index contributed by atoms with van der Waals surface area (Å²) in [7, 11) is -3.52. The maximum absolute atomic E-state index is 13.0. The Balaban J connectivity index is 1.47. The van der Waals surface area contributed by atoms with Crippen LogP contribution in [-0.4, -0.2) is 44.3 Å². The van der Waals surface area contributed by atoms with E-state index in [0.29, 0.717) is 27.6 Å². The number of nitrogens with zero attached hydrogens (tertiary/aromatic N) is 1. The summed E-state index contributed by atoms with van der Waals surface area (Å²) in [6.45, 7) is 2.53. The van der Waals surface area contributed by atoms with Gasteiger partial charge in [0.15, 0.2) is 0 Å². The number of nitrogens with one attached hydrogen (secondary N) is 1. The van der Waals surface area contributed by atoms with Crippen molar-refractivity contribution in [2.24, 2.45) is 5.92 Å². The van der Waals surface area contributed by atoms with Gasteiger partial charge >= 0.3 is 5.97 Å². The number of benzene rings is 1. The molecule has 0 spiro atoms. The molecule has 0 unspecified atom stereocenters. The summed E-state index contributed by atoms with van der Waals surface area (Å²) in [4.78, 5) is 26.7. The van der Waals surface area contributed by atoms with E-state index >= 15 is 0 Å². The molecule has 4 rings (SSSR count). The molecule has 1 aromatic carbocycles. The van der Waals surface area contributed by atoms with E-state index in [9.17, 15) is 18.0 Å². The number of hydrogen-bond donors (Lipinski definition) is 1. The lowest BCUT2D eigenvalue weighted by atomic mass is 9.97. The number of rotatable bonds is 7. The third kappa shape index (κ3) is 5.19. The minimum atomic E-state index is -3.52. The van der Waals surface area contributed by atoms with Crippen molar-refractivity contribution in [3.63, 3.8) is 0 Å².